The van der Waals surface area contributed by atoms with Crippen LogP contribution in [0.4, 0.5) is 0 Å². The highest BCUT2D eigenvalue weighted by molar-refractivity contribution is 7.80. The van der Waals surface area contributed by atoms with Crippen LogP contribution >= 0.6 is 12.6 Å². The number of carboxylic acid groups (broad SMARTS) is 2. The van der Waals surface area contributed by atoms with Crippen molar-refractivity contribution in [1.29, 1.82) is 0 Å². The first-order chi connectivity index (χ1) is 16.1. The maximum Gasteiger partial charge on any atom is 0.327 e. The third-order valence-electron chi connectivity index (χ3n) is 5.53. The fourth-order valence-corrected chi connectivity index (χ4v) is 3.97. The molecule has 4 unspecified atom stereocenters. The molecule has 0 bridgehead atoms. The van der Waals surface area contributed by atoms with Gasteiger partial charge in [-0.15, -0.1) is 0 Å². The first-order valence-corrected chi connectivity index (χ1v) is 11.5. The van der Waals surface area contributed by atoms with Gasteiger partial charge in [0.25, 0.3) is 0 Å². The molecule has 4 atom stereocenters. The molecule has 0 radical (unpaired) electrons. The standard InChI is InChI=1S/C22H30N4O7S/c23-14(11-13-5-2-1-3-6-13)19(29)24-15(8-9-18(27)28)21(31)26-10-4-7-17(26)20(30)25-16(12-34)22(32)33/h1-3,5-6,14-17,34H,4,7-12,23H2,(H,24,29)(H,25,30)(H,27,28)(H,32,33). The maximum atomic E-state index is 13.2. The normalized spacial score (nSPS) is 17.9. The van der Waals surface area contributed by atoms with Gasteiger partial charge in [0.2, 0.25) is 17.7 Å². The van der Waals surface area contributed by atoms with E-state index in [9.17, 15) is 24.0 Å². The lowest BCUT2D eigenvalue weighted by atomic mass is 10.0. The van der Waals surface area contributed by atoms with E-state index in [1.807, 2.05) is 18.2 Å². The number of hydrogen-bond donors (Lipinski definition) is 6. The number of nitrogens with two attached hydrogens (primary N) is 1. The van der Waals surface area contributed by atoms with Gasteiger partial charge >= 0.3 is 11.9 Å². The van der Waals surface area contributed by atoms with E-state index in [1.165, 1.54) is 4.90 Å². The number of aliphatic carboxylic acids is 2. The third-order valence-corrected chi connectivity index (χ3v) is 5.90. The van der Waals surface area contributed by atoms with Gasteiger partial charge in [0.1, 0.15) is 18.1 Å². The molecule has 3 amide bonds. The number of amides is 3. The fraction of sp³-hybridized carbons (Fsp3) is 0.500. The Labute approximate surface area is 202 Å². The van der Waals surface area contributed by atoms with E-state index in [0.29, 0.717) is 12.8 Å². The topological polar surface area (TPSA) is 179 Å². The van der Waals surface area contributed by atoms with E-state index in [2.05, 4.69) is 23.3 Å². The van der Waals surface area contributed by atoms with Crippen LogP contribution < -0.4 is 16.4 Å². The summed E-state index contributed by atoms with van der Waals surface area (Å²) in [7, 11) is 0. The number of nitrogens with one attached hydrogen (secondary N) is 2. The van der Waals surface area contributed by atoms with Gasteiger partial charge in [-0.25, -0.2) is 4.79 Å². The Kier molecular flexibility index (Phi) is 10.3. The Morgan fingerprint density at radius 2 is 1.76 bits per heavy atom. The quantitative estimate of drug-likeness (QED) is 0.208. The van der Waals surface area contributed by atoms with Gasteiger partial charge in [-0.1, -0.05) is 30.3 Å². The molecular formula is C22H30N4O7S. The van der Waals surface area contributed by atoms with Gasteiger partial charge in [0, 0.05) is 18.7 Å². The van der Waals surface area contributed by atoms with E-state index < -0.39 is 53.8 Å². The predicted octanol–water partition coefficient (Wildman–Crippen LogP) is -0.604. The molecule has 1 aliphatic heterocycles. The highest BCUT2D eigenvalue weighted by Gasteiger charge is 2.39. The SMILES string of the molecule is NC(Cc1ccccc1)C(=O)NC(CCC(=O)O)C(=O)N1CCCC1C(=O)NC(CS)C(=O)O. The van der Waals surface area contributed by atoms with Crippen LogP contribution in [0.1, 0.15) is 31.2 Å². The lowest BCUT2D eigenvalue weighted by Crippen LogP contribution is -2.57. The average molecular weight is 495 g/mol. The summed E-state index contributed by atoms with van der Waals surface area (Å²) < 4.78 is 0. The van der Waals surface area contributed by atoms with Crippen molar-refractivity contribution in [3.05, 3.63) is 35.9 Å². The van der Waals surface area contributed by atoms with Gasteiger partial charge in [-0.2, -0.15) is 12.6 Å². The minimum absolute atomic E-state index is 0.127. The third kappa shape index (κ3) is 7.73. The monoisotopic (exact) mass is 494 g/mol. The molecule has 34 heavy (non-hydrogen) atoms. The summed E-state index contributed by atoms with van der Waals surface area (Å²) in [5.74, 6) is -4.40. The second-order valence-corrected chi connectivity index (χ2v) is 8.43. The fourth-order valence-electron chi connectivity index (χ4n) is 3.72. The average Bonchev–Trinajstić information content (AvgIpc) is 3.29. The number of likely N-dealkylation sites (tertiary alicyclic amines) is 1. The van der Waals surface area contributed by atoms with Crippen LogP contribution in [-0.2, 0) is 30.4 Å². The lowest BCUT2D eigenvalue weighted by Gasteiger charge is -2.29. The summed E-state index contributed by atoms with van der Waals surface area (Å²) in [5, 5.41) is 23.1. The Hall–Kier alpha value is -3.12. The van der Waals surface area contributed by atoms with E-state index in [0.717, 1.165) is 5.56 Å². The van der Waals surface area contributed by atoms with E-state index in [-0.39, 0.29) is 31.6 Å². The van der Waals surface area contributed by atoms with E-state index in [1.54, 1.807) is 12.1 Å². The second-order valence-electron chi connectivity index (χ2n) is 8.06. The number of benzene rings is 1. The van der Waals surface area contributed by atoms with Crippen LogP contribution in [0, 0.1) is 0 Å². The Balaban J connectivity index is 2.11. The minimum Gasteiger partial charge on any atom is -0.481 e. The highest BCUT2D eigenvalue weighted by atomic mass is 32.1. The van der Waals surface area contributed by atoms with Crippen molar-refractivity contribution in [3.8, 4) is 0 Å². The first kappa shape index (κ1) is 27.1. The highest BCUT2D eigenvalue weighted by Crippen LogP contribution is 2.20. The molecule has 0 aromatic heterocycles. The van der Waals surface area contributed by atoms with E-state index >= 15 is 0 Å². The molecule has 1 heterocycles. The molecule has 0 saturated carbocycles. The molecule has 12 heteroatoms. The minimum atomic E-state index is -1.25. The smallest absolute Gasteiger partial charge is 0.327 e. The molecule has 6 N–H and O–H groups in total. The Morgan fingerprint density at radius 3 is 2.35 bits per heavy atom. The molecule has 0 aliphatic carbocycles. The van der Waals surface area contributed by atoms with Crippen LogP contribution in [-0.4, -0.2) is 81.2 Å². The Morgan fingerprint density at radius 1 is 1.09 bits per heavy atom. The van der Waals surface area contributed by atoms with Gasteiger partial charge in [-0.3, -0.25) is 19.2 Å². The van der Waals surface area contributed by atoms with Crippen LogP contribution in [0.2, 0.25) is 0 Å². The molecule has 1 saturated heterocycles. The van der Waals surface area contributed by atoms with Crippen molar-refractivity contribution >= 4 is 42.3 Å². The number of thiol groups is 1. The van der Waals surface area contributed by atoms with Crippen molar-refractivity contribution < 1.29 is 34.2 Å². The molecule has 2 rings (SSSR count). The lowest BCUT2D eigenvalue weighted by molar-refractivity contribution is -0.144. The zero-order valence-electron chi connectivity index (χ0n) is 18.6. The second kappa shape index (κ2) is 12.9. The zero-order chi connectivity index (χ0) is 25.3. The van der Waals surface area contributed by atoms with Gasteiger partial charge < -0.3 is 31.5 Å². The van der Waals surface area contributed by atoms with Crippen LogP contribution in [0.5, 0.6) is 0 Å². The van der Waals surface area contributed by atoms with Crippen molar-refractivity contribution in [2.24, 2.45) is 5.73 Å². The molecule has 1 fully saturated rings. The largest absolute Gasteiger partial charge is 0.481 e. The van der Waals surface area contributed by atoms with Crippen molar-refractivity contribution in [2.75, 3.05) is 12.3 Å². The van der Waals surface area contributed by atoms with E-state index in [4.69, 9.17) is 15.9 Å². The molecule has 1 aromatic carbocycles. The molecule has 0 spiro atoms. The number of rotatable bonds is 12. The van der Waals surface area contributed by atoms with Crippen molar-refractivity contribution in [1.82, 2.24) is 15.5 Å². The summed E-state index contributed by atoms with van der Waals surface area (Å²) >= 11 is 3.92. The number of carboxylic acids is 2. The van der Waals surface area contributed by atoms with Gasteiger partial charge in [-0.05, 0) is 31.2 Å². The number of carbonyl (C=O) groups excluding carboxylic acids is 3. The van der Waals surface area contributed by atoms with Crippen molar-refractivity contribution in [2.45, 2.75) is 56.3 Å². The molecule has 186 valence electrons. The predicted molar refractivity (Wildman–Crippen MR) is 125 cm³/mol. The van der Waals surface area contributed by atoms with Gasteiger partial charge in [0.15, 0.2) is 0 Å². The summed E-state index contributed by atoms with van der Waals surface area (Å²) in [6.45, 7) is 0.213. The Bertz CT molecular complexity index is 898. The molecule has 11 nitrogen and oxygen atoms in total. The number of nitrogens with zero attached hydrogens (tertiary/aromatic N) is 1. The first-order valence-electron chi connectivity index (χ1n) is 10.9. The summed E-state index contributed by atoms with van der Waals surface area (Å²) in [6, 6.07) is 4.74. The van der Waals surface area contributed by atoms with Crippen molar-refractivity contribution in [3.63, 3.8) is 0 Å². The number of carbonyl (C=O) groups is 5. The summed E-state index contributed by atoms with van der Waals surface area (Å²) in [5.41, 5.74) is 6.83. The van der Waals surface area contributed by atoms with Crippen LogP contribution in [0.15, 0.2) is 30.3 Å². The van der Waals surface area contributed by atoms with Crippen LogP contribution in [0.3, 0.4) is 0 Å². The zero-order valence-corrected chi connectivity index (χ0v) is 19.4. The molecule has 1 aromatic rings. The van der Waals surface area contributed by atoms with Gasteiger partial charge in [0.05, 0.1) is 6.04 Å². The summed E-state index contributed by atoms with van der Waals surface area (Å²) in [6.07, 6.45) is 0.466. The maximum absolute atomic E-state index is 13.2. The molecule has 1 aliphatic rings. The number of hydrogen-bond acceptors (Lipinski definition) is 7. The summed E-state index contributed by atoms with van der Waals surface area (Å²) in [4.78, 5) is 62.2. The molecular weight excluding hydrogens is 464 g/mol. The van der Waals surface area contributed by atoms with Crippen LogP contribution in [0.25, 0.3) is 0 Å².